The van der Waals surface area contributed by atoms with Crippen LogP contribution in [0.3, 0.4) is 0 Å². The Balaban J connectivity index is 1.45. The molecule has 0 aromatic heterocycles. The van der Waals surface area contributed by atoms with Gasteiger partial charge in [-0.15, -0.1) is 0 Å². The van der Waals surface area contributed by atoms with Crippen molar-refractivity contribution in [3.8, 4) is 11.5 Å². The number of sulfonamides is 1. The highest BCUT2D eigenvalue weighted by Crippen LogP contribution is 2.29. The topological polar surface area (TPSA) is 96.0 Å². The van der Waals surface area contributed by atoms with Crippen molar-refractivity contribution in [2.75, 3.05) is 10.8 Å². The summed E-state index contributed by atoms with van der Waals surface area (Å²) in [6.45, 7) is 1.24. The van der Waals surface area contributed by atoms with Crippen molar-refractivity contribution in [1.29, 1.82) is 0 Å². The minimum absolute atomic E-state index is 0.0405. The predicted molar refractivity (Wildman–Crippen MR) is 176 cm³/mol. The van der Waals surface area contributed by atoms with E-state index in [0.717, 1.165) is 35.6 Å². The van der Waals surface area contributed by atoms with Gasteiger partial charge in [0.15, 0.2) is 0 Å². The Bertz CT molecular complexity index is 1680. The first-order chi connectivity index (χ1) is 21.7. The van der Waals surface area contributed by atoms with Crippen LogP contribution in [0.1, 0.15) is 38.2 Å². The lowest BCUT2D eigenvalue weighted by atomic mass is 10.1. The molecule has 0 heterocycles. The number of benzene rings is 4. The van der Waals surface area contributed by atoms with Gasteiger partial charge in [0.25, 0.3) is 10.0 Å². The lowest BCUT2D eigenvalue weighted by molar-refractivity contribution is -0.139. The summed E-state index contributed by atoms with van der Waals surface area (Å²) < 4.78 is 35.0. The molecular formula is C35H36ClN3O5S. The first-order valence-electron chi connectivity index (χ1n) is 15.0. The summed E-state index contributed by atoms with van der Waals surface area (Å²) in [4.78, 5) is 29.0. The van der Waals surface area contributed by atoms with E-state index < -0.39 is 28.5 Å². The number of nitrogens with zero attached hydrogens (tertiary/aromatic N) is 2. The second-order valence-corrected chi connectivity index (χ2v) is 13.3. The highest BCUT2D eigenvalue weighted by atomic mass is 35.5. The number of carbonyl (C=O) groups is 2. The molecule has 1 fully saturated rings. The highest BCUT2D eigenvalue weighted by Gasteiger charge is 2.33. The van der Waals surface area contributed by atoms with Crippen molar-refractivity contribution >= 4 is 39.1 Å². The molecule has 10 heteroatoms. The van der Waals surface area contributed by atoms with Crippen LogP contribution in [0.25, 0.3) is 0 Å². The molecule has 2 amide bonds. The van der Waals surface area contributed by atoms with Gasteiger partial charge in [-0.2, -0.15) is 0 Å². The number of anilines is 1. The fourth-order valence-electron chi connectivity index (χ4n) is 5.31. The van der Waals surface area contributed by atoms with Crippen LogP contribution >= 0.6 is 11.6 Å². The van der Waals surface area contributed by atoms with E-state index in [4.69, 9.17) is 16.3 Å². The second-order valence-electron chi connectivity index (χ2n) is 11.0. The van der Waals surface area contributed by atoms with Crippen LogP contribution in [-0.2, 0) is 26.2 Å². The third-order valence-electron chi connectivity index (χ3n) is 7.85. The quantitative estimate of drug-likeness (QED) is 0.183. The van der Waals surface area contributed by atoms with Crippen LogP contribution in [0.5, 0.6) is 11.5 Å². The third-order valence-corrected chi connectivity index (χ3v) is 9.89. The van der Waals surface area contributed by atoms with Gasteiger partial charge in [-0.3, -0.25) is 13.9 Å². The molecular weight excluding hydrogens is 610 g/mol. The van der Waals surface area contributed by atoms with Gasteiger partial charge in [0.05, 0.1) is 10.6 Å². The molecule has 234 valence electrons. The number of carbonyl (C=O) groups excluding carboxylic acids is 2. The van der Waals surface area contributed by atoms with Gasteiger partial charge in [-0.05, 0) is 86.0 Å². The normalized spacial score (nSPS) is 14.0. The van der Waals surface area contributed by atoms with Gasteiger partial charge < -0.3 is 15.0 Å². The molecule has 1 atom stereocenters. The maximum Gasteiger partial charge on any atom is 0.264 e. The van der Waals surface area contributed by atoms with Crippen LogP contribution in [0.4, 0.5) is 5.69 Å². The number of hydrogen-bond donors (Lipinski definition) is 1. The molecule has 0 spiro atoms. The third kappa shape index (κ3) is 8.23. The van der Waals surface area contributed by atoms with Gasteiger partial charge in [-0.1, -0.05) is 73.0 Å². The van der Waals surface area contributed by atoms with Gasteiger partial charge in [-0.25, -0.2) is 8.42 Å². The lowest BCUT2D eigenvalue weighted by Crippen LogP contribution is -2.52. The molecule has 0 radical (unpaired) electrons. The minimum Gasteiger partial charge on any atom is -0.457 e. The predicted octanol–water partition coefficient (Wildman–Crippen LogP) is 6.80. The number of hydrogen-bond acceptors (Lipinski definition) is 5. The molecule has 45 heavy (non-hydrogen) atoms. The maximum atomic E-state index is 14.2. The largest absolute Gasteiger partial charge is 0.457 e. The number of amides is 2. The van der Waals surface area contributed by atoms with Crippen LogP contribution in [0, 0.1) is 0 Å². The summed E-state index contributed by atoms with van der Waals surface area (Å²) in [5.41, 5.74) is 1.04. The number of nitrogens with one attached hydrogen (secondary N) is 1. The van der Waals surface area contributed by atoms with Crippen molar-refractivity contribution in [1.82, 2.24) is 10.2 Å². The van der Waals surface area contributed by atoms with Crippen LogP contribution in [-0.4, -0.2) is 43.8 Å². The second kappa shape index (κ2) is 14.6. The monoisotopic (exact) mass is 645 g/mol. The first kappa shape index (κ1) is 32.1. The van der Waals surface area contributed by atoms with E-state index in [2.05, 4.69) is 5.32 Å². The zero-order chi connectivity index (χ0) is 31.8. The first-order valence-corrected chi connectivity index (χ1v) is 16.8. The van der Waals surface area contributed by atoms with Crippen molar-refractivity contribution in [2.45, 2.75) is 56.1 Å². The Morgan fingerprint density at radius 2 is 1.42 bits per heavy atom. The van der Waals surface area contributed by atoms with E-state index in [-0.39, 0.29) is 29.1 Å². The molecule has 1 aliphatic carbocycles. The van der Waals surface area contributed by atoms with Crippen molar-refractivity contribution in [2.24, 2.45) is 0 Å². The lowest BCUT2D eigenvalue weighted by Gasteiger charge is -2.32. The Morgan fingerprint density at radius 1 is 0.844 bits per heavy atom. The van der Waals surface area contributed by atoms with E-state index in [9.17, 15) is 18.0 Å². The Kier molecular flexibility index (Phi) is 10.4. The number of ether oxygens (including phenoxy) is 1. The zero-order valence-electron chi connectivity index (χ0n) is 25.0. The zero-order valence-corrected chi connectivity index (χ0v) is 26.6. The summed E-state index contributed by atoms with van der Waals surface area (Å²) in [5, 5.41) is 3.62. The Labute approximate surface area is 269 Å². The van der Waals surface area contributed by atoms with E-state index in [0.29, 0.717) is 16.5 Å². The van der Waals surface area contributed by atoms with Crippen LogP contribution < -0.4 is 14.4 Å². The molecule has 8 nitrogen and oxygen atoms in total. The highest BCUT2D eigenvalue weighted by molar-refractivity contribution is 7.92. The van der Waals surface area contributed by atoms with Gasteiger partial charge >= 0.3 is 0 Å². The van der Waals surface area contributed by atoms with Gasteiger partial charge in [0, 0.05) is 17.6 Å². The fraction of sp³-hybridized carbons (Fsp3) is 0.257. The van der Waals surface area contributed by atoms with E-state index in [1.807, 2.05) is 30.3 Å². The number of rotatable bonds is 12. The minimum atomic E-state index is -4.17. The molecule has 0 saturated heterocycles. The van der Waals surface area contributed by atoms with Crippen molar-refractivity contribution in [3.05, 3.63) is 120 Å². The molecule has 1 aliphatic rings. The average Bonchev–Trinajstić information content (AvgIpc) is 3.57. The average molecular weight is 646 g/mol. The molecule has 5 rings (SSSR count). The van der Waals surface area contributed by atoms with E-state index in [1.165, 1.54) is 17.0 Å². The molecule has 1 saturated carbocycles. The van der Waals surface area contributed by atoms with Crippen LogP contribution in [0.2, 0.25) is 5.02 Å². The smallest absolute Gasteiger partial charge is 0.264 e. The molecule has 0 unspecified atom stereocenters. The van der Waals surface area contributed by atoms with Crippen molar-refractivity contribution < 1.29 is 22.7 Å². The summed E-state index contributed by atoms with van der Waals surface area (Å²) in [5.74, 6) is 0.346. The number of para-hydroxylation sites is 1. The molecule has 4 aromatic carbocycles. The number of halogens is 1. The van der Waals surface area contributed by atoms with Gasteiger partial charge in [0.1, 0.15) is 24.1 Å². The maximum absolute atomic E-state index is 14.2. The Hall–Kier alpha value is -4.34. The molecule has 4 aromatic rings. The summed E-state index contributed by atoms with van der Waals surface area (Å²) >= 11 is 6.09. The van der Waals surface area contributed by atoms with E-state index >= 15 is 0 Å². The summed E-state index contributed by atoms with van der Waals surface area (Å²) in [7, 11) is -4.17. The molecule has 0 bridgehead atoms. The Morgan fingerprint density at radius 3 is 2.04 bits per heavy atom. The summed E-state index contributed by atoms with van der Waals surface area (Å²) in [6, 6.07) is 29.9. The SMILES string of the molecule is C[C@@H](C(=O)NC1CCCC1)N(Cc1ccc(Cl)cc1)C(=O)CN(c1ccc(Oc2ccccc2)cc1)S(=O)(=O)c1ccccc1. The molecule has 1 N–H and O–H groups in total. The standard InChI is InChI=1S/C35H36ClN3O5S/c1-26(35(41)37-29-10-8-9-11-29)38(24-27-16-18-28(36)19-17-27)34(40)25-39(45(42,43)33-14-6-3-7-15-33)30-20-22-32(23-21-30)44-31-12-4-2-5-13-31/h2-7,12-23,26,29H,8-11,24-25H2,1H3,(H,37,41)/t26-/m0/s1. The van der Waals surface area contributed by atoms with Crippen molar-refractivity contribution in [3.63, 3.8) is 0 Å². The van der Waals surface area contributed by atoms with Gasteiger partial charge in [0.2, 0.25) is 11.8 Å². The molecule has 0 aliphatic heterocycles. The summed E-state index contributed by atoms with van der Waals surface area (Å²) in [6.07, 6.45) is 3.90. The van der Waals surface area contributed by atoms with E-state index in [1.54, 1.807) is 73.7 Å². The van der Waals surface area contributed by atoms with Crippen LogP contribution in [0.15, 0.2) is 114 Å². The fourth-order valence-corrected chi connectivity index (χ4v) is 6.88.